The molecule has 120 valence electrons. The molecule has 0 aromatic heterocycles. The van der Waals surface area contributed by atoms with Gasteiger partial charge in [-0.3, -0.25) is 4.99 Å². The van der Waals surface area contributed by atoms with Crippen molar-refractivity contribution in [1.82, 2.24) is 0 Å². The predicted octanol–water partition coefficient (Wildman–Crippen LogP) is 5.06. The highest BCUT2D eigenvalue weighted by molar-refractivity contribution is 7.09. The largest absolute Gasteiger partial charge is 0.362 e. The van der Waals surface area contributed by atoms with Gasteiger partial charge in [0.05, 0.1) is 12.3 Å². The second-order valence-electron chi connectivity index (χ2n) is 5.44. The third-order valence-electron chi connectivity index (χ3n) is 3.55. The van der Waals surface area contributed by atoms with E-state index in [1.54, 1.807) is 0 Å². The quantitative estimate of drug-likeness (QED) is 0.378. The molecule has 2 aromatic rings. The van der Waals surface area contributed by atoms with Gasteiger partial charge in [-0.05, 0) is 19.8 Å². The summed E-state index contributed by atoms with van der Waals surface area (Å²) in [6.45, 7) is 2.81. The van der Waals surface area contributed by atoms with Gasteiger partial charge < -0.3 is 4.52 Å². The first kappa shape index (κ1) is 17.6. The van der Waals surface area contributed by atoms with E-state index in [0.717, 1.165) is 29.7 Å². The van der Waals surface area contributed by atoms with E-state index in [4.69, 9.17) is 9.52 Å². The molecule has 3 heteroatoms. The Morgan fingerprint density at radius 2 is 1.57 bits per heavy atom. The molecule has 23 heavy (non-hydrogen) atoms. The molecule has 0 amide bonds. The van der Waals surface area contributed by atoms with Crippen LogP contribution in [0.5, 0.6) is 0 Å². The van der Waals surface area contributed by atoms with Crippen LogP contribution in [-0.4, -0.2) is 18.4 Å². The normalized spacial score (nSPS) is 12.3. The first-order chi connectivity index (χ1) is 11.3. The fraction of sp³-hybridized carbons (Fsp3) is 0.250. The Kier molecular flexibility index (Phi) is 7.72. The Bertz CT molecular complexity index is 581. The lowest BCUT2D eigenvalue weighted by Crippen LogP contribution is -2.09. The van der Waals surface area contributed by atoms with Crippen LogP contribution in [-0.2, 0) is 4.52 Å². The van der Waals surface area contributed by atoms with Crippen LogP contribution in [0.25, 0.3) is 0 Å². The number of benzene rings is 2. The van der Waals surface area contributed by atoms with Crippen molar-refractivity contribution in [3.63, 3.8) is 0 Å². The van der Waals surface area contributed by atoms with E-state index < -0.39 is 0 Å². The van der Waals surface area contributed by atoms with E-state index in [9.17, 15) is 0 Å². The Labute approximate surface area is 141 Å². The SMILES string of the molecule is CC(CC/C=C/COP)N=C(c1ccccc1)c1ccccc1. The maximum atomic E-state index is 4.98. The lowest BCUT2D eigenvalue weighted by molar-refractivity contribution is 0.426. The predicted molar refractivity (Wildman–Crippen MR) is 102 cm³/mol. The van der Waals surface area contributed by atoms with E-state index in [2.05, 4.69) is 71.0 Å². The van der Waals surface area contributed by atoms with Crippen LogP contribution in [0.4, 0.5) is 0 Å². The maximum absolute atomic E-state index is 4.98. The van der Waals surface area contributed by atoms with Crippen molar-refractivity contribution in [1.29, 1.82) is 0 Å². The summed E-state index contributed by atoms with van der Waals surface area (Å²) in [5.41, 5.74) is 3.39. The molecule has 0 aliphatic heterocycles. The van der Waals surface area contributed by atoms with Gasteiger partial charge in [0, 0.05) is 26.6 Å². The Morgan fingerprint density at radius 3 is 2.09 bits per heavy atom. The third kappa shape index (κ3) is 6.09. The van der Waals surface area contributed by atoms with Crippen molar-refractivity contribution in [3.8, 4) is 0 Å². The Balaban J connectivity index is 2.14. The summed E-state index contributed by atoms with van der Waals surface area (Å²) in [5.74, 6) is 0. The average molecular weight is 325 g/mol. The lowest BCUT2D eigenvalue weighted by atomic mass is 10.0. The van der Waals surface area contributed by atoms with Gasteiger partial charge in [0.1, 0.15) is 0 Å². The van der Waals surface area contributed by atoms with Gasteiger partial charge in [0.25, 0.3) is 0 Å². The second kappa shape index (κ2) is 10.1. The van der Waals surface area contributed by atoms with Gasteiger partial charge in [0.2, 0.25) is 0 Å². The molecular weight excluding hydrogens is 301 g/mol. The second-order valence-corrected chi connectivity index (χ2v) is 5.77. The van der Waals surface area contributed by atoms with Crippen molar-refractivity contribution in [2.24, 2.45) is 4.99 Å². The lowest BCUT2D eigenvalue weighted by Gasteiger charge is -2.11. The van der Waals surface area contributed by atoms with E-state index in [1.807, 2.05) is 18.2 Å². The van der Waals surface area contributed by atoms with E-state index in [-0.39, 0.29) is 6.04 Å². The van der Waals surface area contributed by atoms with Crippen LogP contribution in [0.2, 0.25) is 0 Å². The maximum Gasteiger partial charge on any atom is 0.0722 e. The van der Waals surface area contributed by atoms with Crippen molar-refractivity contribution in [2.45, 2.75) is 25.8 Å². The molecule has 0 N–H and O–H groups in total. The zero-order valence-corrected chi connectivity index (χ0v) is 14.7. The monoisotopic (exact) mass is 325 g/mol. The van der Waals surface area contributed by atoms with E-state index in [1.165, 1.54) is 0 Å². The van der Waals surface area contributed by atoms with Crippen molar-refractivity contribution in [2.75, 3.05) is 6.61 Å². The average Bonchev–Trinajstić information content (AvgIpc) is 2.61. The highest BCUT2D eigenvalue weighted by atomic mass is 31.0. The molecule has 0 radical (unpaired) electrons. The topological polar surface area (TPSA) is 21.6 Å². The first-order valence-electron chi connectivity index (χ1n) is 7.96. The van der Waals surface area contributed by atoms with Crippen LogP contribution in [0, 0.1) is 0 Å². The molecule has 2 nitrogen and oxygen atoms in total. The third-order valence-corrected chi connectivity index (χ3v) is 3.75. The molecular formula is C20H24NOP. The molecule has 0 heterocycles. The van der Waals surface area contributed by atoms with Gasteiger partial charge in [-0.25, -0.2) is 0 Å². The molecule has 0 saturated carbocycles. The standard InChI is InChI=1S/C20H24NOP/c1-17(11-5-4-10-16-22-23)21-20(18-12-6-2-7-13-18)19-14-8-3-9-15-19/h2-4,6-10,12-15,17H,5,11,16,23H2,1H3/b10-4+. The summed E-state index contributed by atoms with van der Waals surface area (Å²) >= 11 is 0. The summed E-state index contributed by atoms with van der Waals surface area (Å²) in [7, 11) is 2.26. The fourth-order valence-electron chi connectivity index (χ4n) is 2.37. The molecule has 2 unspecified atom stereocenters. The minimum absolute atomic E-state index is 0.270. The number of nitrogens with zero attached hydrogens (tertiary/aromatic N) is 1. The fourth-order valence-corrected chi connectivity index (χ4v) is 2.48. The number of hydrogen-bond donors (Lipinski definition) is 0. The van der Waals surface area contributed by atoms with Gasteiger partial charge >= 0.3 is 0 Å². The Morgan fingerprint density at radius 1 is 1.00 bits per heavy atom. The number of rotatable bonds is 8. The summed E-state index contributed by atoms with van der Waals surface area (Å²) in [6.07, 6.45) is 6.23. The minimum Gasteiger partial charge on any atom is -0.362 e. The number of hydrogen-bond acceptors (Lipinski definition) is 2. The zero-order chi connectivity index (χ0) is 16.3. The smallest absolute Gasteiger partial charge is 0.0722 e. The van der Waals surface area contributed by atoms with Gasteiger partial charge in [-0.2, -0.15) is 0 Å². The van der Waals surface area contributed by atoms with Crippen molar-refractivity contribution >= 4 is 15.2 Å². The van der Waals surface area contributed by atoms with Crippen LogP contribution < -0.4 is 0 Å². The highest BCUT2D eigenvalue weighted by Gasteiger charge is 2.08. The van der Waals surface area contributed by atoms with Crippen molar-refractivity contribution in [3.05, 3.63) is 83.9 Å². The summed E-state index contributed by atoms with van der Waals surface area (Å²) < 4.78 is 4.93. The molecule has 2 aromatic carbocycles. The summed E-state index contributed by atoms with van der Waals surface area (Å²) in [6, 6.07) is 21.1. The van der Waals surface area contributed by atoms with Crippen LogP contribution in [0.15, 0.2) is 77.8 Å². The van der Waals surface area contributed by atoms with E-state index in [0.29, 0.717) is 6.61 Å². The van der Waals surface area contributed by atoms with Crippen LogP contribution in [0.3, 0.4) is 0 Å². The molecule has 0 fully saturated rings. The molecule has 2 rings (SSSR count). The summed E-state index contributed by atoms with van der Waals surface area (Å²) in [5, 5.41) is 0. The molecule has 0 saturated heterocycles. The molecule has 0 aliphatic rings. The Hall–Kier alpha value is -1.76. The van der Waals surface area contributed by atoms with E-state index >= 15 is 0 Å². The number of allylic oxidation sites excluding steroid dienone is 1. The minimum atomic E-state index is 0.270. The molecule has 2 atom stereocenters. The van der Waals surface area contributed by atoms with Gasteiger partial charge in [-0.1, -0.05) is 72.8 Å². The van der Waals surface area contributed by atoms with Gasteiger partial charge in [0.15, 0.2) is 0 Å². The molecule has 0 spiro atoms. The summed E-state index contributed by atoms with van der Waals surface area (Å²) in [4.78, 5) is 4.98. The zero-order valence-electron chi connectivity index (χ0n) is 13.6. The highest BCUT2D eigenvalue weighted by Crippen LogP contribution is 2.14. The van der Waals surface area contributed by atoms with Crippen molar-refractivity contribution < 1.29 is 4.52 Å². The molecule has 0 bridgehead atoms. The molecule has 0 aliphatic carbocycles. The van der Waals surface area contributed by atoms with Crippen LogP contribution in [0.1, 0.15) is 30.9 Å². The first-order valence-corrected chi connectivity index (χ1v) is 8.43. The number of aliphatic imine (C=N–C) groups is 1. The van der Waals surface area contributed by atoms with Gasteiger partial charge in [-0.15, -0.1) is 0 Å². The van der Waals surface area contributed by atoms with Crippen LogP contribution >= 0.6 is 9.47 Å².